The fourth-order valence-corrected chi connectivity index (χ4v) is 5.24. The molecule has 0 saturated heterocycles. The SMILES string of the molecule is COc1c(C(=O)NC2CCC(C(c3cccc(F)c3)N(C)C)CC2)csc1Cl. The van der Waals surface area contributed by atoms with Gasteiger partial charge >= 0.3 is 0 Å². The summed E-state index contributed by atoms with van der Waals surface area (Å²) in [5.41, 5.74) is 1.50. The average molecular weight is 425 g/mol. The molecule has 3 rings (SSSR count). The van der Waals surface area contributed by atoms with Crippen molar-refractivity contribution in [3.63, 3.8) is 0 Å². The topological polar surface area (TPSA) is 41.6 Å². The normalized spacial score (nSPS) is 20.8. The Kier molecular flexibility index (Phi) is 6.96. The molecule has 1 aliphatic rings. The third kappa shape index (κ3) is 4.67. The van der Waals surface area contributed by atoms with E-state index in [1.165, 1.54) is 24.5 Å². The Hall–Kier alpha value is -1.63. The Balaban J connectivity index is 1.62. The van der Waals surface area contributed by atoms with Gasteiger partial charge in [-0.05, 0) is 63.4 Å². The van der Waals surface area contributed by atoms with Gasteiger partial charge in [0.15, 0.2) is 5.75 Å². The van der Waals surface area contributed by atoms with Crippen LogP contribution in [-0.2, 0) is 0 Å². The van der Waals surface area contributed by atoms with Crippen LogP contribution >= 0.6 is 22.9 Å². The minimum Gasteiger partial charge on any atom is -0.493 e. The quantitative estimate of drug-likeness (QED) is 0.698. The van der Waals surface area contributed by atoms with Gasteiger partial charge < -0.3 is 15.0 Å². The summed E-state index contributed by atoms with van der Waals surface area (Å²) in [6, 6.07) is 7.17. The molecule has 1 fully saturated rings. The van der Waals surface area contributed by atoms with E-state index in [0.717, 1.165) is 31.2 Å². The molecule has 4 nitrogen and oxygen atoms in total. The molecule has 7 heteroatoms. The van der Waals surface area contributed by atoms with Crippen LogP contribution in [0.1, 0.15) is 47.6 Å². The zero-order chi connectivity index (χ0) is 20.3. The second-order valence-corrected chi connectivity index (χ2v) is 8.99. The predicted molar refractivity (Wildman–Crippen MR) is 112 cm³/mol. The van der Waals surface area contributed by atoms with E-state index in [-0.39, 0.29) is 23.8 Å². The molecule has 1 saturated carbocycles. The van der Waals surface area contributed by atoms with Crippen molar-refractivity contribution in [2.45, 2.75) is 37.8 Å². The number of thiophene rings is 1. The molecule has 28 heavy (non-hydrogen) atoms. The number of nitrogens with one attached hydrogen (secondary N) is 1. The fraction of sp³-hybridized carbons (Fsp3) is 0.476. The molecule has 152 valence electrons. The van der Waals surface area contributed by atoms with E-state index in [9.17, 15) is 9.18 Å². The van der Waals surface area contributed by atoms with E-state index >= 15 is 0 Å². The van der Waals surface area contributed by atoms with Crippen molar-refractivity contribution >= 4 is 28.8 Å². The van der Waals surface area contributed by atoms with Crippen LogP contribution in [0, 0.1) is 11.7 Å². The van der Waals surface area contributed by atoms with Crippen molar-refractivity contribution in [1.29, 1.82) is 0 Å². The lowest BCUT2D eigenvalue weighted by atomic mass is 9.78. The second-order valence-electron chi connectivity index (χ2n) is 7.50. The number of amides is 1. The number of hydrogen-bond donors (Lipinski definition) is 1. The summed E-state index contributed by atoms with van der Waals surface area (Å²) < 4.78 is 19.4. The zero-order valence-electron chi connectivity index (χ0n) is 16.4. The van der Waals surface area contributed by atoms with Crippen LogP contribution in [0.4, 0.5) is 4.39 Å². The van der Waals surface area contributed by atoms with E-state index < -0.39 is 0 Å². The van der Waals surface area contributed by atoms with Gasteiger partial charge in [0.2, 0.25) is 0 Å². The fourth-order valence-electron chi connectivity index (χ4n) is 4.20. The molecule has 0 spiro atoms. The first-order chi connectivity index (χ1) is 13.4. The van der Waals surface area contributed by atoms with Crippen LogP contribution in [0.2, 0.25) is 4.34 Å². The maximum absolute atomic E-state index is 13.7. The van der Waals surface area contributed by atoms with Gasteiger partial charge in [-0.2, -0.15) is 0 Å². The molecule has 2 aromatic rings. The van der Waals surface area contributed by atoms with Gasteiger partial charge in [-0.15, -0.1) is 11.3 Å². The molecule has 0 aliphatic heterocycles. The standard InChI is InChI=1S/C21H26ClFN2O2S/c1-25(2)18(14-5-4-6-15(23)11-14)13-7-9-16(10-8-13)24-21(26)17-12-28-20(22)19(17)27-3/h4-6,11-13,16,18H,7-10H2,1-3H3,(H,24,26). The predicted octanol–water partition coefficient (Wildman–Crippen LogP) is 5.14. The molecule has 1 N–H and O–H groups in total. The number of carbonyl (C=O) groups is 1. The summed E-state index contributed by atoms with van der Waals surface area (Å²) in [4.78, 5) is 14.8. The highest BCUT2D eigenvalue weighted by atomic mass is 35.5. The Morgan fingerprint density at radius 2 is 2.04 bits per heavy atom. The number of methoxy groups -OCH3 is 1. The highest BCUT2D eigenvalue weighted by molar-refractivity contribution is 7.15. The smallest absolute Gasteiger partial charge is 0.256 e. The number of carbonyl (C=O) groups excluding carboxylic acids is 1. The Bertz CT molecular complexity index is 818. The first kappa shape index (κ1) is 21.1. The van der Waals surface area contributed by atoms with Gasteiger partial charge in [-0.25, -0.2) is 4.39 Å². The van der Waals surface area contributed by atoms with Crippen molar-refractivity contribution in [3.8, 4) is 5.75 Å². The van der Waals surface area contributed by atoms with Crippen LogP contribution in [0.15, 0.2) is 29.6 Å². The molecule has 1 aromatic heterocycles. The molecular weight excluding hydrogens is 399 g/mol. The van der Waals surface area contributed by atoms with Crippen LogP contribution in [0.3, 0.4) is 0 Å². The first-order valence-electron chi connectivity index (χ1n) is 9.44. The molecule has 1 aromatic carbocycles. The van der Waals surface area contributed by atoms with Gasteiger partial charge in [0.1, 0.15) is 10.2 Å². The second kappa shape index (κ2) is 9.25. The summed E-state index contributed by atoms with van der Waals surface area (Å²) in [6.45, 7) is 0. The third-order valence-electron chi connectivity index (χ3n) is 5.45. The van der Waals surface area contributed by atoms with E-state index in [1.54, 1.807) is 17.5 Å². The van der Waals surface area contributed by atoms with Crippen LogP contribution in [0.5, 0.6) is 5.75 Å². The van der Waals surface area contributed by atoms with Crippen LogP contribution in [-0.4, -0.2) is 38.1 Å². The largest absolute Gasteiger partial charge is 0.493 e. The maximum atomic E-state index is 13.7. The summed E-state index contributed by atoms with van der Waals surface area (Å²) >= 11 is 7.36. The van der Waals surface area contributed by atoms with Crippen molar-refractivity contribution in [1.82, 2.24) is 10.2 Å². The van der Waals surface area contributed by atoms with Crippen LogP contribution < -0.4 is 10.1 Å². The van der Waals surface area contributed by atoms with Crippen molar-refractivity contribution < 1.29 is 13.9 Å². The van der Waals surface area contributed by atoms with Crippen molar-refractivity contribution in [3.05, 3.63) is 50.9 Å². The highest BCUT2D eigenvalue weighted by Crippen LogP contribution is 2.38. The minimum atomic E-state index is -0.200. The average Bonchev–Trinajstić information content (AvgIpc) is 3.04. The number of ether oxygens (including phenoxy) is 1. The lowest BCUT2D eigenvalue weighted by molar-refractivity contribution is 0.0904. The van der Waals surface area contributed by atoms with E-state index in [4.69, 9.17) is 16.3 Å². The lowest BCUT2D eigenvalue weighted by Crippen LogP contribution is -2.39. The number of rotatable bonds is 6. The molecule has 1 amide bonds. The van der Waals surface area contributed by atoms with Crippen molar-refractivity contribution in [2.24, 2.45) is 5.92 Å². The zero-order valence-corrected chi connectivity index (χ0v) is 17.9. The minimum absolute atomic E-state index is 0.127. The molecule has 0 bridgehead atoms. The first-order valence-corrected chi connectivity index (χ1v) is 10.7. The van der Waals surface area contributed by atoms with E-state index in [2.05, 4.69) is 10.2 Å². The summed E-state index contributed by atoms with van der Waals surface area (Å²) in [5, 5.41) is 4.85. The number of hydrogen-bond acceptors (Lipinski definition) is 4. The summed E-state index contributed by atoms with van der Waals surface area (Å²) in [6.07, 6.45) is 3.75. The number of benzene rings is 1. The van der Waals surface area contributed by atoms with E-state index in [1.807, 2.05) is 20.2 Å². The Labute approximate surface area is 174 Å². The molecule has 1 aliphatic carbocycles. The summed E-state index contributed by atoms with van der Waals surface area (Å²) in [5.74, 6) is 0.526. The molecule has 0 radical (unpaired) electrons. The number of halogens is 2. The third-order valence-corrected chi connectivity index (χ3v) is 6.64. The van der Waals surface area contributed by atoms with Crippen LogP contribution in [0.25, 0.3) is 0 Å². The molecule has 1 heterocycles. The van der Waals surface area contributed by atoms with Crippen molar-refractivity contribution in [2.75, 3.05) is 21.2 Å². The van der Waals surface area contributed by atoms with Gasteiger partial charge in [0.25, 0.3) is 5.91 Å². The van der Waals surface area contributed by atoms with E-state index in [0.29, 0.717) is 21.6 Å². The summed E-state index contributed by atoms with van der Waals surface area (Å²) in [7, 11) is 5.59. The Morgan fingerprint density at radius 3 is 2.64 bits per heavy atom. The highest BCUT2D eigenvalue weighted by Gasteiger charge is 2.31. The lowest BCUT2D eigenvalue weighted by Gasteiger charge is -2.37. The number of nitrogens with zero attached hydrogens (tertiary/aromatic N) is 1. The van der Waals surface area contributed by atoms with Gasteiger partial charge in [-0.3, -0.25) is 4.79 Å². The molecule has 1 atom stereocenters. The molecule has 1 unspecified atom stereocenters. The van der Waals surface area contributed by atoms with Gasteiger partial charge in [0.05, 0.1) is 12.7 Å². The molecular formula is C21H26ClFN2O2S. The Morgan fingerprint density at radius 1 is 1.32 bits per heavy atom. The monoisotopic (exact) mass is 424 g/mol. The maximum Gasteiger partial charge on any atom is 0.256 e. The van der Waals surface area contributed by atoms with Gasteiger partial charge in [-0.1, -0.05) is 23.7 Å². The van der Waals surface area contributed by atoms with Gasteiger partial charge in [0, 0.05) is 17.5 Å².